The van der Waals surface area contributed by atoms with Crippen LogP contribution in [0.2, 0.25) is 0 Å². The molecular weight excluding hydrogens is 405 g/mol. The lowest BCUT2D eigenvalue weighted by Gasteiger charge is -2.41. The molecular formula is C26H26FN3O2. The maximum atomic E-state index is 15.5. The van der Waals surface area contributed by atoms with Crippen LogP contribution in [0.1, 0.15) is 50.3 Å². The van der Waals surface area contributed by atoms with E-state index in [4.69, 9.17) is 4.74 Å². The number of aliphatic hydroxyl groups is 1. The summed E-state index contributed by atoms with van der Waals surface area (Å²) in [5, 5.41) is 21.3. The second-order valence-corrected chi connectivity index (χ2v) is 9.37. The number of benzene rings is 2. The minimum Gasteiger partial charge on any atom is -0.481 e. The molecule has 3 aromatic rings. The van der Waals surface area contributed by atoms with Crippen molar-refractivity contribution < 1.29 is 14.2 Å². The second-order valence-electron chi connectivity index (χ2n) is 9.37. The molecule has 1 aliphatic rings. The first kappa shape index (κ1) is 21.9. The minimum absolute atomic E-state index is 0.125. The van der Waals surface area contributed by atoms with Crippen LogP contribution in [0, 0.1) is 22.6 Å². The molecule has 0 saturated heterocycles. The van der Waals surface area contributed by atoms with Crippen LogP contribution in [0.5, 0.6) is 5.88 Å². The molecule has 0 bridgehead atoms. The molecule has 1 fully saturated rings. The zero-order chi connectivity index (χ0) is 23.1. The third-order valence-corrected chi connectivity index (χ3v) is 6.44. The maximum absolute atomic E-state index is 15.5. The molecule has 4 rings (SSSR count). The van der Waals surface area contributed by atoms with E-state index in [1.165, 1.54) is 25.7 Å². The van der Waals surface area contributed by atoms with Crippen molar-refractivity contribution in [1.29, 1.82) is 5.26 Å². The van der Waals surface area contributed by atoms with Gasteiger partial charge in [-0.3, -0.25) is 0 Å². The van der Waals surface area contributed by atoms with E-state index in [1.54, 1.807) is 12.1 Å². The fourth-order valence-electron chi connectivity index (χ4n) is 4.24. The van der Waals surface area contributed by atoms with Crippen molar-refractivity contribution >= 4 is 0 Å². The highest BCUT2D eigenvalue weighted by atomic mass is 19.1. The normalized spacial score (nSPS) is 16.7. The van der Waals surface area contributed by atoms with Gasteiger partial charge in [0.2, 0.25) is 5.88 Å². The molecule has 6 heteroatoms. The molecule has 32 heavy (non-hydrogen) atoms. The van der Waals surface area contributed by atoms with Crippen LogP contribution in [0.25, 0.3) is 11.1 Å². The van der Waals surface area contributed by atoms with Crippen LogP contribution in [-0.4, -0.2) is 22.2 Å². The number of rotatable bonds is 5. The maximum Gasteiger partial charge on any atom is 0.222 e. The predicted octanol–water partition coefficient (Wildman–Crippen LogP) is 5.13. The second kappa shape index (κ2) is 7.68. The van der Waals surface area contributed by atoms with E-state index >= 15 is 4.39 Å². The molecule has 0 radical (unpaired) electrons. The zero-order valence-corrected chi connectivity index (χ0v) is 18.7. The molecule has 1 heterocycles. The molecule has 1 aromatic heterocycles. The third-order valence-electron chi connectivity index (χ3n) is 6.44. The lowest BCUT2D eigenvalue weighted by Crippen LogP contribution is -2.42. The highest BCUT2D eigenvalue weighted by molar-refractivity contribution is 5.65. The summed E-state index contributed by atoms with van der Waals surface area (Å²) < 4.78 is 20.9. The van der Waals surface area contributed by atoms with Crippen molar-refractivity contribution in [2.75, 3.05) is 7.11 Å². The SMILES string of the molecule is COc1ncncc1C(O)(c1ccc(-c2ccc(C3(C#N)CC3)cc2)cc1F)C(C)(C)C. The average Bonchev–Trinajstić information content (AvgIpc) is 3.59. The molecule has 1 N–H and O–H groups in total. The quantitative estimate of drug-likeness (QED) is 0.606. The van der Waals surface area contributed by atoms with Gasteiger partial charge in [-0.25, -0.2) is 14.4 Å². The lowest BCUT2D eigenvalue weighted by molar-refractivity contribution is -0.0311. The van der Waals surface area contributed by atoms with E-state index in [0.29, 0.717) is 11.1 Å². The van der Waals surface area contributed by atoms with E-state index in [9.17, 15) is 10.4 Å². The molecule has 5 nitrogen and oxygen atoms in total. The number of hydrogen-bond acceptors (Lipinski definition) is 5. The standard InChI is InChI=1S/C26H26FN3O2/c1-24(2,3)26(31,21-14-29-16-30-23(21)32-4)20-10-7-18(13-22(20)27)17-5-8-19(9-6-17)25(15-28)11-12-25/h5-10,13-14,16,31H,11-12H2,1-4H3. The van der Waals surface area contributed by atoms with Crippen molar-refractivity contribution in [3.05, 3.63) is 77.5 Å². The van der Waals surface area contributed by atoms with Gasteiger partial charge in [0.15, 0.2) is 0 Å². The van der Waals surface area contributed by atoms with Gasteiger partial charge in [-0.15, -0.1) is 0 Å². The number of hydrogen-bond donors (Lipinski definition) is 1. The van der Waals surface area contributed by atoms with E-state index < -0.39 is 16.8 Å². The summed E-state index contributed by atoms with van der Waals surface area (Å²) in [6.07, 6.45) is 4.55. The fraction of sp³-hybridized carbons (Fsp3) is 0.346. The summed E-state index contributed by atoms with van der Waals surface area (Å²) in [4.78, 5) is 8.14. The number of methoxy groups -OCH3 is 1. The van der Waals surface area contributed by atoms with Gasteiger partial charge < -0.3 is 9.84 Å². The topological polar surface area (TPSA) is 79.0 Å². The van der Waals surface area contributed by atoms with E-state index in [2.05, 4.69) is 16.0 Å². The van der Waals surface area contributed by atoms with Crippen LogP contribution >= 0.6 is 0 Å². The highest BCUT2D eigenvalue weighted by Gasteiger charge is 2.48. The third kappa shape index (κ3) is 3.43. The lowest BCUT2D eigenvalue weighted by atomic mass is 9.68. The van der Waals surface area contributed by atoms with Crippen LogP contribution in [0.3, 0.4) is 0 Å². The van der Waals surface area contributed by atoms with Crippen molar-refractivity contribution in [2.45, 2.75) is 44.6 Å². The van der Waals surface area contributed by atoms with Crippen LogP contribution in [0.4, 0.5) is 4.39 Å². The Morgan fingerprint density at radius 1 is 1.06 bits per heavy atom. The van der Waals surface area contributed by atoms with E-state index in [1.807, 2.05) is 45.0 Å². The van der Waals surface area contributed by atoms with Gasteiger partial charge in [0, 0.05) is 11.8 Å². The van der Waals surface area contributed by atoms with E-state index in [0.717, 1.165) is 24.0 Å². The van der Waals surface area contributed by atoms with Gasteiger partial charge in [-0.2, -0.15) is 5.26 Å². The summed E-state index contributed by atoms with van der Waals surface area (Å²) in [7, 11) is 1.45. The summed E-state index contributed by atoms with van der Waals surface area (Å²) in [5.41, 5.74) is 0.0895. The van der Waals surface area contributed by atoms with Crippen molar-refractivity contribution in [2.24, 2.45) is 5.41 Å². The number of aromatic nitrogens is 2. The molecule has 1 atom stereocenters. The molecule has 0 amide bonds. The summed E-state index contributed by atoms with van der Waals surface area (Å²) in [6, 6.07) is 14.9. The van der Waals surface area contributed by atoms with E-state index in [-0.39, 0.29) is 16.9 Å². The van der Waals surface area contributed by atoms with Gasteiger partial charge >= 0.3 is 0 Å². The van der Waals surface area contributed by atoms with Crippen molar-refractivity contribution in [3.63, 3.8) is 0 Å². The van der Waals surface area contributed by atoms with Crippen LogP contribution in [-0.2, 0) is 11.0 Å². The summed E-state index contributed by atoms with van der Waals surface area (Å²) in [5.74, 6) is -0.339. The van der Waals surface area contributed by atoms with Crippen molar-refractivity contribution in [1.82, 2.24) is 9.97 Å². The molecule has 1 unspecified atom stereocenters. The van der Waals surface area contributed by atoms with Gasteiger partial charge in [-0.1, -0.05) is 57.2 Å². The van der Waals surface area contributed by atoms with Crippen LogP contribution < -0.4 is 4.74 Å². The summed E-state index contributed by atoms with van der Waals surface area (Å²) >= 11 is 0. The molecule has 0 aliphatic heterocycles. The largest absolute Gasteiger partial charge is 0.481 e. The van der Waals surface area contributed by atoms with Gasteiger partial charge in [-0.05, 0) is 41.0 Å². The molecule has 1 saturated carbocycles. The number of nitrogens with zero attached hydrogens (tertiary/aromatic N) is 3. The first-order valence-corrected chi connectivity index (χ1v) is 10.6. The zero-order valence-electron chi connectivity index (χ0n) is 18.7. The number of nitriles is 1. The fourth-order valence-corrected chi connectivity index (χ4v) is 4.24. The van der Waals surface area contributed by atoms with Crippen molar-refractivity contribution in [3.8, 4) is 23.1 Å². The smallest absolute Gasteiger partial charge is 0.222 e. The van der Waals surface area contributed by atoms with Gasteiger partial charge in [0.25, 0.3) is 0 Å². The Labute approximate surface area is 187 Å². The number of halogens is 1. The molecule has 0 spiro atoms. The monoisotopic (exact) mass is 431 g/mol. The Kier molecular flexibility index (Phi) is 5.26. The average molecular weight is 432 g/mol. The Morgan fingerprint density at radius 2 is 1.72 bits per heavy atom. The van der Waals surface area contributed by atoms with Gasteiger partial charge in [0.1, 0.15) is 17.7 Å². The Bertz CT molecular complexity index is 1190. The predicted molar refractivity (Wildman–Crippen MR) is 119 cm³/mol. The van der Waals surface area contributed by atoms with Gasteiger partial charge in [0.05, 0.1) is 24.2 Å². The van der Waals surface area contributed by atoms with Crippen LogP contribution in [0.15, 0.2) is 55.0 Å². The Morgan fingerprint density at radius 3 is 2.25 bits per heavy atom. The Hall–Kier alpha value is -3.30. The first-order valence-electron chi connectivity index (χ1n) is 10.6. The minimum atomic E-state index is -1.72. The molecule has 2 aromatic carbocycles. The number of ether oxygens (including phenoxy) is 1. The first-order chi connectivity index (χ1) is 15.2. The summed E-state index contributed by atoms with van der Waals surface area (Å²) in [6.45, 7) is 5.48. The molecule has 1 aliphatic carbocycles. The molecule has 164 valence electrons. The Balaban J connectivity index is 1.77. The highest BCUT2D eigenvalue weighted by Crippen LogP contribution is 2.49.